The molecule has 19 N–H and O–H groups in total. The topological polar surface area (TPSA) is 627 Å². The first kappa shape index (κ1) is 110. The van der Waals surface area contributed by atoms with E-state index < -0.39 is 0 Å². The second kappa shape index (κ2) is 59.9. The Morgan fingerprint density at radius 2 is 0.565 bits per heavy atom. The lowest BCUT2D eigenvalue weighted by Crippen LogP contribution is -2.22. The molecule has 15 aromatic rings. The number of hydrogen-bond donors (Lipinski definition) is 16. The van der Waals surface area contributed by atoms with E-state index in [0.717, 1.165) is 24.0 Å². The molecule has 0 spiro atoms. The Morgan fingerprint density at radius 3 is 0.905 bits per heavy atom. The summed E-state index contributed by atoms with van der Waals surface area (Å²) in [6, 6.07) is 88.5. The molecule has 44 heteroatoms. The normalized spacial score (nSPS) is 9.93. The van der Waals surface area contributed by atoms with Crippen LogP contribution in [0, 0.1) is 6.92 Å². The Labute approximate surface area is 844 Å². The summed E-state index contributed by atoms with van der Waals surface area (Å²) < 4.78 is 21.5. The van der Waals surface area contributed by atoms with Crippen LogP contribution in [0.15, 0.2) is 303 Å². The number of nitrogen functional groups attached to an aromatic ring is 3. The lowest BCUT2D eigenvalue weighted by atomic mass is 10.1. The molecule has 0 aliphatic heterocycles. The molecule has 147 heavy (non-hydrogen) atoms. The summed E-state index contributed by atoms with van der Waals surface area (Å²) in [7, 11) is 4.70. The fourth-order valence-corrected chi connectivity index (χ4v) is 11.8. The van der Waals surface area contributed by atoms with Gasteiger partial charge in [-0.3, -0.25) is 68.7 Å². The number of aryl methyl sites for hydroxylation is 1. The number of anilines is 16. The molecule has 15 rings (SSSR count). The molecule has 0 atom stereocenters. The largest absolute Gasteiger partial charge is 0.489 e. The first-order valence-corrected chi connectivity index (χ1v) is 45.0. The highest BCUT2D eigenvalue weighted by Gasteiger charge is 2.19. The zero-order valence-corrected chi connectivity index (χ0v) is 81.0. The number of pyridine rings is 4. The molecule has 44 nitrogen and oxygen atoms in total. The SMILES string of the molecule is CC(=O)Nc1cccc(NC(C)=O)n1.CCCC(=O)Nc1cccc(NC(=O)CCC)n1.CNc1nc(N)nc(NC(=O)c2cccc(C)c2)n1.CNc1nc(N)nc(NC(=O)c2ccccc2)n1.COc1nc(N)nc(NC(=O)c2ccccc2)n1.O=C(COc1ccccc1)Nc1cccc(NC(=O)COc2ccccc2)n1.O=C(Nc1cc(OCc2ccccc2)cc(NC(=O)c2ccccc2)n1)c1ccccc1. The Kier molecular flexibility index (Phi) is 45.0. The Balaban J connectivity index is 0.000000194. The van der Waals surface area contributed by atoms with Crippen molar-refractivity contribution in [1.82, 2.24) is 64.8 Å². The number of nitrogens with two attached hydrogens (primary N) is 3. The highest BCUT2D eigenvalue weighted by Crippen LogP contribution is 2.25. The third-order valence-corrected chi connectivity index (χ3v) is 18.3. The summed E-state index contributed by atoms with van der Waals surface area (Å²) >= 11 is 0. The quantitative estimate of drug-likeness (QED) is 0.0186. The van der Waals surface area contributed by atoms with Gasteiger partial charge in [-0.15, -0.1) is 0 Å². The molecular formula is C103H107N29O15. The minimum absolute atomic E-state index is 0.0230. The van der Waals surface area contributed by atoms with Gasteiger partial charge in [-0.05, 0) is 147 Å². The molecular weight excluding hydrogens is 1880 g/mol. The molecule has 7 aromatic heterocycles. The molecule has 0 saturated carbocycles. The van der Waals surface area contributed by atoms with Gasteiger partial charge >= 0.3 is 6.01 Å². The van der Waals surface area contributed by atoms with Crippen molar-refractivity contribution in [3.63, 3.8) is 0 Å². The van der Waals surface area contributed by atoms with Gasteiger partial charge in [0.1, 0.15) is 70.4 Å². The molecule has 0 radical (unpaired) electrons. The van der Waals surface area contributed by atoms with Crippen molar-refractivity contribution in [2.24, 2.45) is 0 Å². The van der Waals surface area contributed by atoms with Gasteiger partial charge in [0.2, 0.25) is 71.2 Å². The number of rotatable bonds is 32. The van der Waals surface area contributed by atoms with E-state index in [1.54, 1.807) is 214 Å². The van der Waals surface area contributed by atoms with Crippen LogP contribution in [-0.4, -0.2) is 164 Å². The average molecular weight is 1990 g/mol. The first-order valence-electron chi connectivity index (χ1n) is 45.0. The van der Waals surface area contributed by atoms with Gasteiger partial charge in [0.15, 0.2) is 13.2 Å². The fraction of sp³-hybridized carbons (Fsp3) is 0.146. The van der Waals surface area contributed by atoms with E-state index in [9.17, 15) is 52.7 Å². The maximum atomic E-state index is 12.6. The van der Waals surface area contributed by atoms with Gasteiger partial charge in [0.05, 0.1) is 7.11 Å². The fourth-order valence-electron chi connectivity index (χ4n) is 11.8. The second-order valence-corrected chi connectivity index (χ2v) is 30.1. The van der Waals surface area contributed by atoms with Crippen LogP contribution in [0.5, 0.6) is 23.3 Å². The van der Waals surface area contributed by atoms with Crippen molar-refractivity contribution in [3.8, 4) is 23.3 Å². The molecule has 754 valence electrons. The molecule has 11 amide bonds. The number of amides is 11. The zero-order valence-electron chi connectivity index (χ0n) is 81.0. The van der Waals surface area contributed by atoms with Crippen LogP contribution in [0.3, 0.4) is 0 Å². The predicted octanol–water partition coefficient (Wildman–Crippen LogP) is 14.4. The van der Waals surface area contributed by atoms with Crippen LogP contribution in [-0.2, 0) is 35.4 Å². The molecule has 0 unspecified atom stereocenters. The lowest BCUT2D eigenvalue weighted by Gasteiger charge is -2.12. The molecule has 0 aliphatic rings. The van der Waals surface area contributed by atoms with E-state index in [4.69, 9.17) is 36.1 Å². The van der Waals surface area contributed by atoms with Gasteiger partial charge in [-0.1, -0.05) is 189 Å². The number of carbonyl (C=O) groups is 11. The van der Waals surface area contributed by atoms with E-state index >= 15 is 0 Å². The maximum Gasteiger partial charge on any atom is 0.322 e. The second-order valence-electron chi connectivity index (χ2n) is 30.1. The summed E-state index contributed by atoms with van der Waals surface area (Å²) in [5.74, 6) is 2.74. The summed E-state index contributed by atoms with van der Waals surface area (Å²) in [6.07, 6.45) is 2.51. The molecule has 7 heterocycles. The average Bonchev–Trinajstić information content (AvgIpc) is 0.840. The van der Waals surface area contributed by atoms with Gasteiger partial charge in [0, 0.05) is 80.7 Å². The standard InChI is InChI=1S/C26H21N3O3.C21H19N3O4.C13H19N3O2.C12H14N6O.C11H12N6O.C11H11N5O2.C9H11N3O2/c30-25(20-12-6-2-7-13-20)28-23-16-22(32-18-19-10-4-1-5-11-19)17-24(27-23)29-26(31)21-14-8-3-9-15-21;25-20(14-27-16-8-3-1-4-9-16)23-18-12-7-13-19(22-18)24-21(26)15-28-17-10-5-2-6-11-17;1-3-6-12(17)15-10-8-5-9-11(14-10)16-13(18)7-4-2;1-7-4-3-5-8(6-7)9(19)15-12-17-10(13)16-11(14-2)18-12;1-13-10-15-9(12)16-11(17-10)14-8(18)7-5-3-2-4-6-7;1-18-11-15-9(12)14-10(16-11)13-8(17)7-5-3-2-4-6-7;1-6(13)10-8-4-3-5-9(12-8)11-7(2)14/h1-17H,18H2,(H2,27,28,29,30,31);1-13H,14-15H2,(H2,22,23,24,25,26);5,8-9H,3-4,6-7H2,1-2H3,(H2,14,15,16,17,18);3-6H,1-2H3,(H4,13,14,15,16,17,18,19);2-6H,1H3,(H4,12,13,14,15,16,17,18);2-6H,1H3,(H3,12,13,14,15,16,17);3-5H,1-2H3,(H2,10,11,12,13,14). The smallest absolute Gasteiger partial charge is 0.322 e. The van der Waals surface area contributed by atoms with Crippen molar-refractivity contribution >= 4 is 159 Å². The monoisotopic (exact) mass is 1990 g/mol. The number of nitrogens with one attached hydrogen (secondary N) is 13. The van der Waals surface area contributed by atoms with Crippen molar-refractivity contribution < 1.29 is 71.7 Å². The number of para-hydroxylation sites is 2. The van der Waals surface area contributed by atoms with Crippen LogP contribution in [0.25, 0.3) is 0 Å². The summed E-state index contributed by atoms with van der Waals surface area (Å²) in [5.41, 5.74) is 21.0. The van der Waals surface area contributed by atoms with E-state index in [0.29, 0.717) is 111 Å². The minimum atomic E-state index is -0.354. The number of nitrogens with zero attached hydrogens (tertiary/aromatic N) is 13. The van der Waals surface area contributed by atoms with Crippen LogP contribution < -0.4 is 105 Å². The van der Waals surface area contributed by atoms with Crippen molar-refractivity contribution in [1.29, 1.82) is 0 Å². The van der Waals surface area contributed by atoms with Gasteiger partial charge in [-0.25, -0.2) is 19.9 Å². The van der Waals surface area contributed by atoms with Crippen molar-refractivity contribution in [3.05, 3.63) is 342 Å². The number of aromatic nitrogens is 13. The van der Waals surface area contributed by atoms with Crippen molar-refractivity contribution in [2.45, 2.75) is 66.9 Å². The Bertz CT molecular complexity index is 6540. The van der Waals surface area contributed by atoms with Gasteiger partial charge in [0.25, 0.3) is 41.4 Å². The third kappa shape index (κ3) is 41.8. The maximum absolute atomic E-state index is 12.6. The number of hydrogen-bond acceptors (Lipinski definition) is 33. The van der Waals surface area contributed by atoms with E-state index in [-0.39, 0.29) is 132 Å². The number of carbonyl (C=O) groups excluding carboxylic acids is 11. The number of benzene rings is 8. The van der Waals surface area contributed by atoms with Crippen LogP contribution in [0.4, 0.5) is 94.1 Å². The molecule has 0 bridgehead atoms. The molecule has 0 fully saturated rings. The zero-order chi connectivity index (χ0) is 105. The van der Waals surface area contributed by atoms with Gasteiger partial charge in [-0.2, -0.15) is 44.9 Å². The predicted molar refractivity (Wildman–Crippen MR) is 560 cm³/mol. The minimum Gasteiger partial charge on any atom is -0.489 e. The molecule has 0 aliphatic carbocycles. The van der Waals surface area contributed by atoms with Crippen molar-refractivity contribution in [2.75, 3.05) is 121 Å². The Hall–Kier alpha value is -20.2. The molecule has 8 aromatic carbocycles. The first-order chi connectivity index (χ1) is 71.0. The van der Waals surface area contributed by atoms with Crippen LogP contribution in [0.2, 0.25) is 0 Å². The Morgan fingerprint density at radius 1 is 0.272 bits per heavy atom. The van der Waals surface area contributed by atoms with E-state index in [2.05, 4.69) is 134 Å². The summed E-state index contributed by atoms with van der Waals surface area (Å²) in [6.45, 7) is 8.63. The molecule has 0 saturated heterocycles. The van der Waals surface area contributed by atoms with E-state index in [1.165, 1.54) is 21.0 Å². The van der Waals surface area contributed by atoms with Gasteiger partial charge < -0.3 is 89.3 Å². The highest BCUT2D eigenvalue weighted by molar-refractivity contribution is 6.07. The number of ether oxygens (including phenoxy) is 4. The lowest BCUT2D eigenvalue weighted by molar-refractivity contribution is -0.118. The number of methoxy groups -OCH3 is 1. The van der Waals surface area contributed by atoms with Crippen LogP contribution in [0.1, 0.15) is 116 Å². The summed E-state index contributed by atoms with van der Waals surface area (Å²) in [5, 5.41) is 34.3. The van der Waals surface area contributed by atoms with E-state index in [1.807, 2.05) is 124 Å². The summed E-state index contributed by atoms with van der Waals surface area (Å²) in [4.78, 5) is 180. The van der Waals surface area contributed by atoms with Crippen LogP contribution >= 0.6 is 0 Å². The third-order valence-electron chi connectivity index (χ3n) is 18.3. The highest BCUT2D eigenvalue weighted by atomic mass is 16.5.